The predicted molar refractivity (Wildman–Crippen MR) is 74.7 cm³/mol. The van der Waals surface area contributed by atoms with Gasteiger partial charge in [-0.1, -0.05) is 23.1 Å². The fourth-order valence-corrected chi connectivity index (χ4v) is 2.81. The summed E-state index contributed by atoms with van der Waals surface area (Å²) in [5.41, 5.74) is 7.88. The fourth-order valence-electron chi connectivity index (χ4n) is 1.32. The molecule has 0 atom stereocenters. The zero-order valence-electron chi connectivity index (χ0n) is 9.80. The number of rotatable bonds is 5. The van der Waals surface area contributed by atoms with Gasteiger partial charge in [0.15, 0.2) is 4.34 Å². The summed E-state index contributed by atoms with van der Waals surface area (Å²) in [6.45, 7) is 0. The highest BCUT2D eigenvalue weighted by Crippen LogP contribution is 2.21. The summed E-state index contributed by atoms with van der Waals surface area (Å²) in [6.07, 6.45) is 0.320. The van der Waals surface area contributed by atoms with Gasteiger partial charge in [-0.3, -0.25) is 4.79 Å². The number of nitrogens with two attached hydrogens (primary N) is 1. The number of amides is 1. The van der Waals surface area contributed by atoms with Crippen LogP contribution in [0.4, 0.5) is 15.8 Å². The largest absolute Gasteiger partial charge is 0.397 e. The molecule has 0 aliphatic carbocycles. The van der Waals surface area contributed by atoms with E-state index in [0.717, 1.165) is 4.34 Å². The molecule has 1 aromatic heterocycles. The van der Waals surface area contributed by atoms with Crippen LogP contribution in [-0.4, -0.2) is 21.9 Å². The van der Waals surface area contributed by atoms with Gasteiger partial charge in [0.25, 0.3) is 0 Å². The van der Waals surface area contributed by atoms with Gasteiger partial charge >= 0.3 is 0 Å². The van der Waals surface area contributed by atoms with Crippen molar-refractivity contribution >= 4 is 40.4 Å². The van der Waals surface area contributed by atoms with Gasteiger partial charge in [-0.25, -0.2) is 4.39 Å². The van der Waals surface area contributed by atoms with Crippen LogP contribution in [0.15, 0.2) is 28.0 Å². The maximum atomic E-state index is 12.8. The van der Waals surface area contributed by atoms with Crippen LogP contribution in [0.5, 0.6) is 0 Å². The Morgan fingerprint density at radius 2 is 2.37 bits per heavy atom. The van der Waals surface area contributed by atoms with Crippen molar-refractivity contribution in [2.75, 3.05) is 16.8 Å². The standard InChI is InChI=1S/C11H11FN4OS2/c12-7-1-2-9(8(13)5-7)15-10(17)3-4-18-11-16-14-6-19-11/h1-2,5-6H,3-4,13H2,(H,15,17). The molecule has 0 unspecified atom stereocenters. The third-order valence-electron chi connectivity index (χ3n) is 2.18. The third-order valence-corrected chi connectivity index (χ3v) is 4.04. The molecule has 1 aromatic carbocycles. The number of thioether (sulfide) groups is 1. The van der Waals surface area contributed by atoms with Crippen molar-refractivity contribution in [3.63, 3.8) is 0 Å². The van der Waals surface area contributed by atoms with Gasteiger partial charge < -0.3 is 11.1 Å². The van der Waals surface area contributed by atoms with Crippen LogP contribution in [0, 0.1) is 5.82 Å². The molecule has 2 rings (SSSR count). The number of halogens is 1. The van der Waals surface area contributed by atoms with Crippen LogP contribution >= 0.6 is 23.1 Å². The maximum Gasteiger partial charge on any atom is 0.225 e. The third kappa shape index (κ3) is 4.18. The second-order valence-corrected chi connectivity index (χ2v) is 5.76. The number of carbonyl (C=O) groups excluding carboxylic acids is 1. The Balaban J connectivity index is 1.80. The molecule has 0 spiro atoms. The second-order valence-electron chi connectivity index (χ2n) is 3.58. The van der Waals surface area contributed by atoms with Crippen molar-refractivity contribution in [1.29, 1.82) is 0 Å². The highest BCUT2D eigenvalue weighted by molar-refractivity contribution is 8.01. The zero-order valence-corrected chi connectivity index (χ0v) is 11.4. The molecular formula is C11H11FN4OS2. The number of hydrogen-bond donors (Lipinski definition) is 2. The van der Waals surface area contributed by atoms with Gasteiger partial charge in [0.2, 0.25) is 5.91 Å². The van der Waals surface area contributed by atoms with E-state index < -0.39 is 5.82 Å². The number of nitrogen functional groups attached to an aromatic ring is 1. The van der Waals surface area contributed by atoms with Crippen molar-refractivity contribution in [3.8, 4) is 0 Å². The lowest BCUT2D eigenvalue weighted by Gasteiger charge is -2.07. The van der Waals surface area contributed by atoms with Crippen LogP contribution in [0.25, 0.3) is 0 Å². The molecule has 1 amide bonds. The van der Waals surface area contributed by atoms with Gasteiger partial charge in [0, 0.05) is 12.2 Å². The minimum Gasteiger partial charge on any atom is -0.397 e. The molecule has 3 N–H and O–H groups in total. The molecule has 0 aliphatic heterocycles. The van der Waals surface area contributed by atoms with E-state index in [-0.39, 0.29) is 11.6 Å². The van der Waals surface area contributed by atoms with Gasteiger partial charge in [-0.2, -0.15) is 0 Å². The number of nitrogens with zero attached hydrogens (tertiary/aromatic N) is 2. The monoisotopic (exact) mass is 298 g/mol. The number of anilines is 2. The molecule has 2 aromatic rings. The first-order valence-electron chi connectivity index (χ1n) is 5.39. The Morgan fingerprint density at radius 1 is 1.53 bits per heavy atom. The van der Waals surface area contributed by atoms with E-state index in [1.54, 1.807) is 5.51 Å². The summed E-state index contributed by atoms with van der Waals surface area (Å²) in [4.78, 5) is 11.7. The first-order valence-corrected chi connectivity index (χ1v) is 7.25. The van der Waals surface area contributed by atoms with Crippen molar-refractivity contribution in [1.82, 2.24) is 10.2 Å². The molecule has 0 aliphatic rings. The van der Waals surface area contributed by atoms with E-state index in [4.69, 9.17) is 5.73 Å². The number of aromatic nitrogens is 2. The first kappa shape index (κ1) is 13.8. The van der Waals surface area contributed by atoms with Gasteiger partial charge in [-0.15, -0.1) is 10.2 Å². The molecule has 0 saturated carbocycles. The smallest absolute Gasteiger partial charge is 0.225 e. The maximum absolute atomic E-state index is 12.8. The highest BCUT2D eigenvalue weighted by atomic mass is 32.2. The highest BCUT2D eigenvalue weighted by Gasteiger charge is 2.07. The van der Waals surface area contributed by atoms with E-state index in [1.807, 2.05) is 0 Å². The SMILES string of the molecule is Nc1cc(F)ccc1NC(=O)CCSc1nncs1. The van der Waals surface area contributed by atoms with Crippen molar-refractivity contribution in [2.24, 2.45) is 0 Å². The molecule has 0 radical (unpaired) electrons. The average molecular weight is 298 g/mol. The van der Waals surface area contributed by atoms with Crippen LogP contribution in [0.2, 0.25) is 0 Å². The van der Waals surface area contributed by atoms with E-state index in [0.29, 0.717) is 17.9 Å². The molecule has 19 heavy (non-hydrogen) atoms. The molecular weight excluding hydrogens is 287 g/mol. The van der Waals surface area contributed by atoms with Gasteiger partial charge in [-0.05, 0) is 18.2 Å². The molecule has 1 heterocycles. The molecule has 5 nitrogen and oxygen atoms in total. The Kier molecular flexibility index (Phi) is 4.69. The normalized spacial score (nSPS) is 10.4. The first-order chi connectivity index (χ1) is 9.15. The van der Waals surface area contributed by atoms with Gasteiger partial charge in [0.05, 0.1) is 11.4 Å². The number of carbonyl (C=O) groups is 1. The van der Waals surface area contributed by atoms with Crippen molar-refractivity contribution < 1.29 is 9.18 Å². The van der Waals surface area contributed by atoms with Crippen molar-refractivity contribution in [3.05, 3.63) is 29.5 Å². The Morgan fingerprint density at radius 3 is 3.05 bits per heavy atom. The summed E-state index contributed by atoms with van der Waals surface area (Å²) in [5.74, 6) is -0.0000688. The van der Waals surface area contributed by atoms with Gasteiger partial charge in [0.1, 0.15) is 11.3 Å². The summed E-state index contributed by atoms with van der Waals surface area (Å²) in [5, 5.41) is 10.2. The lowest BCUT2D eigenvalue weighted by atomic mass is 10.2. The number of benzene rings is 1. The molecule has 100 valence electrons. The number of nitrogens with one attached hydrogen (secondary N) is 1. The summed E-state index contributed by atoms with van der Waals surface area (Å²) in [7, 11) is 0. The molecule has 0 saturated heterocycles. The number of hydrogen-bond acceptors (Lipinski definition) is 6. The Hall–Kier alpha value is -1.67. The van der Waals surface area contributed by atoms with Crippen LogP contribution in [0.3, 0.4) is 0 Å². The lowest BCUT2D eigenvalue weighted by molar-refractivity contribution is -0.115. The fraction of sp³-hybridized carbons (Fsp3) is 0.182. The summed E-state index contributed by atoms with van der Waals surface area (Å²) < 4.78 is 13.7. The van der Waals surface area contributed by atoms with Crippen LogP contribution in [0.1, 0.15) is 6.42 Å². The van der Waals surface area contributed by atoms with Crippen molar-refractivity contribution in [2.45, 2.75) is 10.8 Å². The van der Waals surface area contributed by atoms with E-state index in [9.17, 15) is 9.18 Å². The summed E-state index contributed by atoms with van der Waals surface area (Å²) in [6, 6.07) is 3.87. The minimum atomic E-state index is -0.428. The van der Waals surface area contributed by atoms with E-state index >= 15 is 0 Å². The molecule has 8 heteroatoms. The summed E-state index contributed by atoms with van der Waals surface area (Å²) >= 11 is 2.90. The zero-order chi connectivity index (χ0) is 13.7. The van der Waals surface area contributed by atoms with E-state index in [1.165, 1.54) is 41.3 Å². The average Bonchev–Trinajstić information content (AvgIpc) is 2.86. The van der Waals surface area contributed by atoms with E-state index in [2.05, 4.69) is 15.5 Å². The molecule has 0 fully saturated rings. The Bertz CT molecular complexity index is 562. The Labute approximate surface area is 117 Å². The predicted octanol–water partition coefficient (Wildman–Crippen LogP) is 2.38. The minimum absolute atomic E-state index is 0.171. The quantitative estimate of drug-likeness (QED) is 0.654. The molecule has 0 bridgehead atoms. The van der Waals surface area contributed by atoms with Crippen LogP contribution in [-0.2, 0) is 4.79 Å². The van der Waals surface area contributed by atoms with Crippen LogP contribution < -0.4 is 11.1 Å². The lowest BCUT2D eigenvalue weighted by Crippen LogP contribution is -2.13. The second kappa shape index (κ2) is 6.48. The topological polar surface area (TPSA) is 80.9 Å².